The molecule has 2 aromatic rings. The molecule has 0 atom stereocenters. The maximum Gasteiger partial charge on any atom is 0.150 e. The molecule has 0 spiro atoms. The van der Waals surface area contributed by atoms with Crippen LogP contribution in [0, 0.1) is 6.92 Å². The normalized spacial score (nSPS) is 10.7. The molecule has 0 fully saturated rings. The molecule has 3 heteroatoms. The van der Waals surface area contributed by atoms with E-state index in [0.717, 1.165) is 28.2 Å². The number of halogens is 1. The van der Waals surface area contributed by atoms with Crippen LogP contribution in [0.5, 0.6) is 11.5 Å². The van der Waals surface area contributed by atoms with E-state index in [1.165, 1.54) is 0 Å². The number of carbonyl (C=O) groups is 1. The van der Waals surface area contributed by atoms with Crippen LogP contribution in [-0.4, -0.2) is 6.29 Å². The van der Waals surface area contributed by atoms with Crippen molar-refractivity contribution in [2.45, 2.75) is 26.7 Å². The van der Waals surface area contributed by atoms with E-state index in [0.29, 0.717) is 17.2 Å². The first-order chi connectivity index (χ1) is 9.51. The van der Waals surface area contributed by atoms with E-state index in [2.05, 4.69) is 13.8 Å². The SMILES string of the molecule is Cc1cc(Cl)c(C(C)C)cc1Oc1ccc(C=O)cc1. The molecule has 0 amide bonds. The van der Waals surface area contributed by atoms with Crippen molar-refractivity contribution in [1.29, 1.82) is 0 Å². The minimum absolute atomic E-state index is 0.336. The summed E-state index contributed by atoms with van der Waals surface area (Å²) >= 11 is 6.24. The quantitative estimate of drug-likeness (QED) is 0.706. The summed E-state index contributed by atoms with van der Waals surface area (Å²) < 4.78 is 5.88. The predicted octanol–water partition coefficient (Wildman–Crippen LogP) is 5.38. The summed E-state index contributed by atoms with van der Waals surface area (Å²) in [5.41, 5.74) is 2.68. The molecule has 0 aromatic heterocycles. The van der Waals surface area contributed by atoms with E-state index in [1.54, 1.807) is 24.3 Å². The van der Waals surface area contributed by atoms with E-state index < -0.39 is 0 Å². The van der Waals surface area contributed by atoms with Crippen LogP contribution in [0.1, 0.15) is 41.3 Å². The first-order valence-corrected chi connectivity index (χ1v) is 6.92. The van der Waals surface area contributed by atoms with Crippen LogP contribution in [0.3, 0.4) is 0 Å². The zero-order valence-corrected chi connectivity index (χ0v) is 12.6. The van der Waals surface area contributed by atoms with Crippen LogP contribution in [0.4, 0.5) is 0 Å². The Morgan fingerprint density at radius 3 is 2.35 bits per heavy atom. The first-order valence-electron chi connectivity index (χ1n) is 6.54. The van der Waals surface area contributed by atoms with Crippen molar-refractivity contribution in [1.82, 2.24) is 0 Å². The molecule has 0 aliphatic rings. The van der Waals surface area contributed by atoms with Crippen LogP contribution in [0.25, 0.3) is 0 Å². The van der Waals surface area contributed by atoms with Gasteiger partial charge in [0.1, 0.15) is 17.8 Å². The van der Waals surface area contributed by atoms with Gasteiger partial charge in [-0.2, -0.15) is 0 Å². The Hall–Kier alpha value is -1.80. The highest BCUT2D eigenvalue weighted by Gasteiger charge is 2.10. The molecule has 0 unspecified atom stereocenters. The fourth-order valence-electron chi connectivity index (χ4n) is 1.96. The largest absolute Gasteiger partial charge is 0.457 e. The van der Waals surface area contributed by atoms with Gasteiger partial charge in [0.05, 0.1) is 0 Å². The molecule has 0 heterocycles. The van der Waals surface area contributed by atoms with Crippen molar-refractivity contribution in [3.05, 3.63) is 58.1 Å². The lowest BCUT2D eigenvalue weighted by atomic mass is 10.0. The number of aryl methyl sites for hydroxylation is 1. The fraction of sp³-hybridized carbons (Fsp3) is 0.235. The van der Waals surface area contributed by atoms with Crippen molar-refractivity contribution in [2.75, 3.05) is 0 Å². The maximum atomic E-state index is 10.6. The van der Waals surface area contributed by atoms with Crippen LogP contribution >= 0.6 is 11.6 Å². The number of carbonyl (C=O) groups excluding carboxylic acids is 1. The Bertz CT molecular complexity index is 616. The molecule has 20 heavy (non-hydrogen) atoms. The van der Waals surface area contributed by atoms with Crippen LogP contribution in [0.2, 0.25) is 5.02 Å². The predicted molar refractivity (Wildman–Crippen MR) is 82.2 cm³/mol. The molecular formula is C17H17ClO2. The lowest BCUT2D eigenvalue weighted by Gasteiger charge is -2.14. The van der Waals surface area contributed by atoms with Gasteiger partial charge in [0.15, 0.2) is 0 Å². The number of ether oxygens (including phenoxy) is 1. The van der Waals surface area contributed by atoms with Crippen molar-refractivity contribution in [3.8, 4) is 11.5 Å². The Kier molecular flexibility index (Phi) is 4.46. The van der Waals surface area contributed by atoms with Crippen LogP contribution in [0.15, 0.2) is 36.4 Å². The van der Waals surface area contributed by atoms with E-state index in [9.17, 15) is 4.79 Å². The minimum atomic E-state index is 0.336. The molecule has 2 nitrogen and oxygen atoms in total. The zero-order chi connectivity index (χ0) is 14.7. The lowest BCUT2D eigenvalue weighted by Crippen LogP contribution is -1.94. The second-order valence-corrected chi connectivity index (χ2v) is 5.49. The molecule has 2 aromatic carbocycles. The molecule has 0 radical (unpaired) electrons. The molecule has 0 saturated heterocycles. The van der Waals surface area contributed by atoms with Gasteiger partial charge >= 0.3 is 0 Å². The fourth-order valence-corrected chi connectivity index (χ4v) is 2.40. The molecule has 0 N–H and O–H groups in total. The van der Waals surface area contributed by atoms with Gasteiger partial charge in [-0.25, -0.2) is 0 Å². The summed E-state index contributed by atoms with van der Waals surface area (Å²) in [5, 5.41) is 0.765. The maximum absolute atomic E-state index is 10.6. The molecule has 2 rings (SSSR count). The van der Waals surface area contributed by atoms with Crippen molar-refractivity contribution in [3.63, 3.8) is 0 Å². The van der Waals surface area contributed by atoms with Gasteiger partial charge in [-0.1, -0.05) is 25.4 Å². The minimum Gasteiger partial charge on any atom is -0.457 e. The van der Waals surface area contributed by atoms with E-state index in [-0.39, 0.29) is 0 Å². The van der Waals surface area contributed by atoms with E-state index in [4.69, 9.17) is 16.3 Å². The standard InChI is InChI=1S/C17H17ClO2/c1-11(2)15-9-17(12(3)8-16(15)18)20-14-6-4-13(10-19)5-7-14/h4-11H,1-3H3. The van der Waals surface area contributed by atoms with Gasteiger partial charge in [-0.05, 0) is 60.4 Å². The lowest BCUT2D eigenvalue weighted by molar-refractivity contribution is 0.112. The van der Waals surface area contributed by atoms with Crippen LogP contribution < -0.4 is 4.74 Å². The molecule has 0 bridgehead atoms. The van der Waals surface area contributed by atoms with Crippen molar-refractivity contribution >= 4 is 17.9 Å². The highest BCUT2D eigenvalue weighted by Crippen LogP contribution is 2.33. The monoisotopic (exact) mass is 288 g/mol. The zero-order valence-electron chi connectivity index (χ0n) is 11.8. The van der Waals surface area contributed by atoms with Gasteiger partial charge in [0.2, 0.25) is 0 Å². The third-order valence-electron chi connectivity index (χ3n) is 3.16. The van der Waals surface area contributed by atoms with Crippen LogP contribution in [-0.2, 0) is 0 Å². The van der Waals surface area contributed by atoms with E-state index in [1.807, 2.05) is 19.1 Å². The Morgan fingerprint density at radius 1 is 1.15 bits per heavy atom. The smallest absolute Gasteiger partial charge is 0.150 e. The Balaban J connectivity index is 2.32. The summed E-state index contributed by atoms with van der Waals surface area (Å²) in [6.07, 6.45) is 0.814. The topological polar surface area (TPSA) is 26.3 Å². The molecule has 0 aliphatic carbocycles. The third-order valence-corrected chi connectivity index (χ3v) is 3.49. The molecule has 0 saturated carbocycles. The van der Waals surface area contributed by atoms with Crippen molar-refractivity contribution in [2.24, 2.45) is 0 Å². The first kappa shape index (κ1) is 14.6. The van der Waals surface area contributed by atoms with E-state index >= 15 is 0 Å². The highest BCUT2D eigenvalue weighted by molar-refractivity contribution is 6.31. The van der Waals surface area contributed by atoms with Gasteiger partial charge in [0.25, 0.3) is 0 Å². The number of hydrogen-bond donors (Lipinski definition) is 0. The summed E-state index contributed by atoms with van der Waals surface area (Å²) in [4.78, 5) is 10.6. The average molecular weight is 289 g/mol. The summed E-state index contributed by atoms with van der Waals surface area (Å²) in [6, 6.07) is 10.9. The van der Waals surface area contributed by atoms with Gasteiger partial charge in [0, 0.05) is 10.6 Å². The third kappa shape index (κ3) is 3.20. The summed E-state index contributed by atoms with van der Waals surface area (Å²) in [5.74, 6) is 1.83. The van der Waals surface area contributed by atoms with Gasteiger partial charge in [-0.15, -0.1) is 0 Å². The second kappa shape index (κ2) is 6.10. The summed E-state index contributed by atoms with van der Waals surface area (Å²) in [7, 11) is 0. The highest BCUT2D eigenvalue weighted by atomic mass is 35.5. The second-order valence-electron chi connectivity index (χ2n) is 5.08. The average Bonchev–Trinajstić information content (AvgIpc) is 2.42. The molecule has 0 aliphatic heterocycles. The number of rotatable bonds is 4. The Labute approximate surface area is 124 Å². The molecular weight excluding hydrogens is 272 g/mol. The Morgan fingerprint density at radius 2 is 1.80 bits per heavy atom. The molecule has 104 valence electrons. The van der Waals surface area contributed by atoms with Gasteiger partial charge < -0.3 is 4.74 Å². The number of hydrogen-bond acceptors (Lipinski definition) is 2. The number of benzene rings is 2. The summed E-state index contributed by atoms with van der Waals surface area (Å²) in [6.45, 7) is 6.16. The van der Waals surface area contributed by atoms with Crippen molar-refractivity contribution < 1.29 is 9.53 Å². The number of aldehydes is 1. The van der Waals surface area contributed by atoms with Gasteiger partial charge in [-0.3, -0.25) is 4.79 Å².